The van der Waals surface area contributed by atoms with Crippen molar-refractivity contribution in [2.45, 2.75) is 33.6 Å². The fourth-order valence-corrected chi connectivity index (χ4v) is 3.72. The molecule has 2 N–H and O–H groups in total. The number of aromatic nitrogens is 3. The van der Waals surface area contributed by atoms with Crippen LogP contribution in [0.2, 0.25) is 0 Å². The number of carbonyl (C=O) groups is 1. The summed E-state index contributed by atoms with van der Waals surface area (Å²) in [5.74, 6) is 0.721. The number of rotatable bonds is 1. The molecule has 0 aliphatic heterocycles. The van der Waals surface area contributed by atoms with E-state index in [4.69, 9.17) is 5.73 Å². The molecule has 0 unspecified atom stereocenters. The first kappa shape index (κ1) is 14.9. The molecule has 1 aromatic carbocycles. The van der Waals surface area contributed by atoms with Crippen LogP contribution in [0.15, 0.2) is 30.7 Å². The van der Waals surface area contributed by atoms with E-state index in [0.29, 0.717) is 12.2 Å². The lowest BCUT2D eigenvalue weighted by Crippen LogP contribution is -2.28. The van der Waals surface area contributed by atoms with Gasteiger partial charge in [-0.05, 0) is 42.5 Å². The zero-order chi connectivity index (χ0) is 17.1. The molecule has 2 aromatic heterocycles. The quantitative estimate of drug-likeness (QED) is 0.745. The first-order valence-electron chi connectivity index (χ1n) is 8.10. The van der Waals surface area contributed by atoms with Gasteiger partial charge in [0.15, 0.2) is 5.78 Å². The fraction of sp³-hybridized carbons (Fsp3) is 0.316. The molecule has 5 nitrogen and oxygen atoms in total. The van der Waals surface area contributed by atoms with Gasteiger partial charge in [-0.3, -0.25) is 4.79 Å². The lowest BCUT2D eigenvalue weighted by atomic mass is 9.75. The van der Waals surface area contributed by atoms with Gasteiger partial charge in [-0.25, -0.2) is 9.97 Å². The summed E-state index contributed by atoms with van der Waals surface area (Å²) in [5.41, 5.74) is 10.7. The number of nitrogen functional groups attached to an aromatic ring is 1. The first-order valence-corrected chi connectivity index (χ1v) is 8.10. The fourth-order valence-electron chi connectivity index (χ4n) is 3.72. The SMILES string of the molecule is Cc1cn(-c2ccc3c(N)ncnc3c2)c2c1C(=O)CC(C)(C)C2. The van der Waals surface area contributed by atoms with E-state index >= 15 is 0 Å². The van der Waals surface area contributed by atoms with Gasteiger partial charge in [0, 0.05) is 34.9 Å². The van der Waals surface area contributed by atoms with Crippen molar-refractivity contribution in [3.05, 3.63) is 47.5 Å². The molecular weight excluding hydrogens is 300 g/mol. The van der Waals surface area contributed by atoms with E-state index < -0.39 is 0 Å². The largest absolute Gasteiger partial charge is 0.383 e. The minimum atomic E-state index is -0.0178. The van der Waals surface area contributed by atoms with Gasteiger partial charge in [0.1, 0.15) is 12.1 Å². The molecule has 122 valence electrons. The van der Waals surface area contributed by atoms with Crippen LogP contribution < -0.4 is 5.73 Å². The van der Waals surface area contributed by atoms with Crippen LogP contribution in [0.4, 0.5) is 5.82 Å². The highest BCUT2D eigenvalue weighted by Crippen LogP contribution is 2.38. The Balaban J connectivity index is 1.92. The van der Waals surface area contributed by atoms with Crippen LogP contribution in [0.25, 0.3) is 16.6 Å². The molecule has 0 saturated heterocycles. The number of anilines is 1. The average molecular weight is 320 g/mol. The standard InChI is InChI=1S/C19H20N4O/c1-11-9-23(15-7-19(2,3)8-16(24)17(11)15)12-4-5-13-14(6-12)21-10-22-18(13)20/h4-6,9-10H,7-8H2,1-3H3,(H2,20,21,22). The van der Waals surface area contributed by atoms with Gasteiger partial charge in [-0.2, -0.15) is 0 Å². The molecular formula is C19H20N4O. The molecule has 2 heterocycles. The number of hydrogen-bond acceptors (Lipinski definition) is 4. The minimum absolute atomic E-state index is 0.0178. The zero-order valence-corrected chi connectivity index (χ0v) is 14.1. The molecule has 0 radical (unpaired) electrons. The zero-order valence-electron chi connectivity index (χ0n) is 14.1. The summed E-state index contributed by atoms with van der Waals surface area (Å²) in [5, 5.41) is 0.843. The van der Waals surface area contributed by atoms with Crippen LogP contribution in [-0.4, -0.2) is 20.3 Å². The predicted octanol–water partition coefficient (Wildman–Crippen LogP) is 3.47. The van der Waals surface area contributed by atoms with Gasteiger partial charge in [-0.1, -0.05) is 13.8 Å². The Morgan fingerprint density at radius 1 is 1.21 bits per heavy atom. The van der Waals surface area contributed by atoms with E-state index in [1.807, 2.05) is 25.1 Å². The molecule has 0 bridgehead atoms. The summed E-state index contributed by atoms with van der Waals surface area (Å²) < 4.78 is 2.13. The van der Waals surface area contributed by atoms with Crippen molar-refractivity contribution in [3.63, 3.8) is 0 Å². The van der Waals surface area contributed by atoms with Gasteiger partial charge < -0.3 is 10.3 Å². The molecule has 0 fully saturated rings. The third-order valence-electron chi connectivity index (χ3n) is 4.79. The second-order valence-electron chi connectivity index (χ2n) is 7.41. The number of carbonyl (C=O) groups excluding carboxylic acids is 1. The highest BCUT2D eigenvalue weighted by atomic mass is 16.1. The summed E-state index contributed by atoms with van der Waals surface area (Å²) in [6.45, 7) is 6.30. The molecule has 1 aliphatic carbocycles. The van der Waals surface area contributed by atoms with E-state index in [-0.39, 0.29) is 11.2 Å². The molecule has 0 spiro atoms. The van der Waals surface area contributed by atoms with Crippen molar-refractivity contribution in [1.29, 1.82) is 0 Å². The summed E-state index contributed by atoms with van der Waals surface area (Å²) in [7, 11) is 0. The Hall–Kier alpha value is -2.69. The van der Waals surface area contributed by atoms with Gasteiger partial charge in [0.2, 0.25) is 0 Å². The van der Waals surface area contributed by atoms with Crippen molar-refractivity contribution < 1.29 is 4.79 Å². The predicted molar refractivity (Wildman–Crippen MR) is 94.4 cm³/mol. The second kappa shape index (κ2) is 4.90. The maximum Gasteiger partial charge on any atom is 0.165 e. The van der Waals surface area contributed by atoms with E-state index in [0.717, 1.165) is 39.8 Å². The molecule has 3 aromatic rings. The molecule has 5 heteroatoms. The van der Waals surface area contributed by atoms with E-state index in [9.17, 15) is 4.79 Å². The summed E-state index contributed by atoms with van der Waals surface area (Å²) in [4.78, 5) is 20.9. The maximum atomic E-state index is 12.6. The van der Waals surface area contributed by atoms with Crippen LogP contribution >= 0.6 is 0 Å². The van der Waals surface area contributed by atoms with Crippen molar-refractivity contribution in [3.8, 4) is 5.69 Å². The summed E-state index contributed by atoms with van der Waals surface area (Å²) in [6.07, 6.45) is 5.01. The summed E-state index contributed by atoms with van der Waals surface area (Å²) in [6, 6.07) is 5.95. The number of fused-ring (bicyclic) bond motifs is 2. The monoisotopic (exact) mass is 320 g/mol. The van der Waals surface area contributed by atoms with Crippen LogP contribution in [0.1, 0.15) is 41.9 Å². The van der Waals surface area contributed by atoms with Gasteiger partial charge >= 0.3 is 0 Å². The van der Waals surface area contributed by atoms with E-state index in [2.05, 4.69) is 34.6 Å². The average Bonchev–Trinajstić information content (AvgIpc) is 2.82. The molecule has 1 aliphatic rings. The lowest BCUT2D eigenvalue weighted by molar-refractivity contribution is 0.0910. The number of hydrogen-bond donors (Lipinski definition) is 1. The first-order chi connectivity index (χ1) is 11.4. The number of benzene rings is 1. The van der Waals surface area contributed by atoms with Crippen LogP contribution in [0, 0.1) is 12.3 Å². The normalized spacial score (nSPS) is 16.4. The van der Waals surface area contributed by atoms with Gasteiger partial charge in [0.25, 0.3) is 0 Å². The topological polar surface area (TPSA) is 73.8 Å². The number of nitrogens with zero attached hydrogens (tertiary/aromatic N) is 3. The lowest BCUT2D eigenvalue weighted by Gasteiger charge is -2.30. The van der Waals surface area contributed by atoms with E-state index in [1.165, 1.54) is 6.33 Å². The Labute approximate surface area is 140 Å². The Morgan fingerprint density at radius 2 is 2.00 bits per heavy atom. The highest BCUT2D eigenvalue weighted by Gasteiger charge is 2.34. The highest BCUT2D eigenvalue weighted by molar-refractivity contribution is 6.00. The van der Waals surface area contributed by atoms with E-state index in [1.54, 1.807) is 0 Å². The number of nitrogens with two attached hydrogens (primary N) is 1. The van der Waals surface area contributed by atoms with Crippen molar-refractivity contribution >= 4 is 22.5 Å². The van der Waals surface area contributed by atoms with Crippen molar-refractivity contribution in [1.82, 2.24) is 14.5 Å². The third kappa shape index (κ3) is 2.19. The number of aryl methyl sites for hydroxylation is 1. The molecule has 0 amide bonds. The Kier molecular flexibility index (Phi) is 3.04. The smallest absolute Gasteiger partial charge is 0.165 e. The summed E-state index contributed by atoms with van der Waals surface area (Å²) >= 11 is 0. The molecule has 0 atom stereocenters. The van der Waals surface area contributed by atoms with Crippen LogP contribution in [-0.2, 0) is 6.42 Å². The van der Waals surface area contributed by atoms with Crippen LogP contribution in [0.5, 0.6) is 0 Å². The van der Waals surface area contributed by atoms with Crippen LogP contribution in [0.3, 0.4) is 0 Å². The minimum Gasteiger partial charge on any atom is -0.383 e. The van der Waals surface area contributed by atoms with Crippen molar-refractivity contribution in [2.75, 3.05) is 5.73 Å². The van der Waals surface area contributed by atoms with Gasteiger partial charge in [-0.15, -0.1) is 0 Å². The van der Waals surface area contributed by atoms with Gasteiger partial charge in [0.05, 0.1) is 5.52 Å². The Bertz CT molecular complexity index is 984. The number of ketones is 1. The number of Topliss-reactive ketones (excluding diaryl/α,β-unsaturated/α-hetero) is 1. The van der Waals surface area contributed by atoms with Crippen molar-refractivity contribution in [2.24, 2.45) is 5.41 Å². The third-order valence-corrected chi connectivity index (χ3v) is 4.79. The molecule has 4 rings (SSSR count). The second-order valence-corrected chi connectivity index (χ2v) is 7.41. The molecule has 24 heavy (non-hydrogen) atoms. The maximum absolute atomic E-state index is 12.6. The Morgan fingerprint density at radius 3 is 2.79 bits per heavy atom. The molecule has 0 saturated carbocycles.